The van der Waals surface area contributed by atoms with Crippen LogP contribution in [0.2, 0.25) is 0 Å². The van der Waals surface area contributed by atoms with Crippen molar-refractivity contribution in [3.63, 3.8) is 0 Å². The minimum absolute atomic E-state index is 0.101. The van der Waals surface area contributed by atoms with Gasteiger partial charge in [0.25, 0.3) is 5.91 Å². The predicted molar refractivity (Wildman–Crippen MR) is 111 cm³/mol. The number of ether oxygens (including phenoxy) is 1. The van der Waals surface area contributed by atoms with Gasteiger partial charge in [0.2, 0.25) is 5.43 Å². The summed E-state index contributed by atoms with van der Waals surface area (Å²) in [6.45, 7) is 1.59. The number of nitrogens with zero attached hydrogens (tertiary/aromatic N) is 1. The summed E-state index contributed by atoms with van der Waals surface area (Å²) in [4.78, 5) is 28.9. The topological polar surface area (TPSA) is 81.4 Å². The van der Waals surface area contributed by atoms with Gasteiger partial charge in [0, 0.05) is 12.3 Å². The highest BCUT2D eigenvalue weighted by Gasteiger charge is 2.14. The van der Waals surface area contributed by atoms with E-state index in [0.29, 0.717) is 33.7 Å². The SMILES string of the molecule is Cc1oc2cc(OCC(=O)Nc3cccnc3)ccc2c(=O)c1-c1ccccc1. The first kappa shape index (κ1) is 18.4. The Labute approximate surface area is 166 Å². The summed E-state index contributed by atoms with van der Waals surface area (Å²) in [6.07, 6.45) is 3.18. The summed E-state index contributed by atoms with van der Waals surface area (Å²) < 4.78 is 11.4. The molecule has 1 amide bonds. The Morgan fingerprint density at radius 2 is 1.93 bits per heavy atom. The molecule has 2 aromatic heterocycles. The smallest absolute Gasteiger partial charge is 0.262 e. The first-order chi connectivity index (χ1) is 14.1. The molecule has 0 spiro atoms. The third-order valence-electron chi connectivity index (χ3n) is 4.42. The summed E-state index contributed by atoms with van der Waals surface area (Å²) in [5.41, 5.74) is 2.26. The lowest BCUT2D eigenvalue weighted by Crippen LogP contribution is -2.20. The zero-order valence-electron chi connectivity index (χ0n) is 15.7. The molecule has 6 nitrogen and oxygen atoms in total. The molecule has 1 N–H and O–H groups in total. The molecule has 0 aliphatic rings. The lowest BCUT2D eigenvalue weighted by atomic mass is 10.0. The minimum Gasteiger partial charge on any atom is -0.484 e. The van der Waals surface area contributed by atoms with Crippen molar-refractivity contribution in [3.05, 3.63) is 89.0 Å². The van der Waals surface area contributed by atoms with E-state index in [1.807, 2.05) is 30.3 Å². The average Bonchev–Trinajstić information content (AvgIpc) is 2.73. The van der Waals surface area contributed by atoms with Crippen molar-refractivity contribution in [3.8, 4) is 16.9 Å². The number of fused-ring (bicyclic) bond motifs is 1. The van der Waals surface area contributed by atoms with Crippen LogP contribution in [-0.2, 0) is 4.79 Å². The summed E-state index contributed by atoms with van der Waals surface area (Å²) in [5, 5.41) is 3.15. The monoisotopic (exact) mass is 386 g/mol. The lowest BCUT2D eigenvalue weighted by Gasteiger charge is -2.10. The summed E-state index contributed by atoms with van der Waals surface area (Å²) in [7, 11) is 0. The van der Waals surface area contributed by atoms with Crippen molar-refractivity contribution in [1.29, 1.82) is 0 Å². The van der Waals surface area contributed by atoms with Crippen molar-refractivity contribution >= 4 is 22.6 Å². The van der Waals surface area contributed by atoms with E-state index < -0.39 is 0 Å². The van der Waals surface area contributed by atoms with E-state index in [2.05, 4.69) is 10.3 Å². The van der Waals surface area contributed by atoms with E-state index in [-0.39, 0.29) is 17.9 Å². The third kappa shape index (κ3) is 4.01. The normalized spacial score (nSPS) is 10.7. The Morgan fingerprint density at radius 1 is 1.10 bits per heavy atom. The highest BCUT2D eigenvalue weighted by Crippen LogP contribution is 2.26. The van der Waals surface area contributed by atoms with Crippen LogP contribution in [0.3, 0.4) is 0 Å². The maximum atomic E-state index is 13.0. The zero-order chi connectivity index (χ0) is 20.2. The standard InChI is InChI=1S/C23H18N2O4/c1-15-22(16-6-3-2-4-7-16)23(27)19-10-9-18(12-20(19)29-15)28-14-21(26)25-17-8-5-11-24-13-17/h2-13H,14H2,1H3,(H,25,26). The number of hydrogen-bond donors (Lipinski definition) is 1. The molecule has 0 fully saturated rings. The molecular formula is C23H18N2O4. The molecule has 2 heterocycles. The van der Waals surface area contributed by atoms with Gasteiger partial charge in [0.15, 0.2) is 6.61 Å². The number of anilines is 1. The van der Waals surface area contributed by atoms with Gasteiger partial charge < -0.3 is 14.5 Å². The van der Waals surface area contributed by atoms with E-state index in [0.717, 1.165) is 5.56 Å². The summed E-state index contributed by atoms with van der Waals surface area (Å²) >= 11 is 0. The first-order valence-corrected chi connectivity index (χ1v) is 9.07. The Hall–Kier alpha value is -3.93. The Bertz CT molecular complexity index is 1220. The number of pyridine rings is 1. The predicted octanol–water partition coefficient (Wildman–Crippen LogP) is 4.18. The van der Waals surface area contributed by atoms with Crippen molar-refractivity contribution in [2.24, 2.45) is 0 Å². The molecule has 144 valence electrons. The van der Waals surface area contributed by atoms with Crippen molar-refractivity contribution in [2.75, 3.05) is 11.9 Å². The second-order valence-electron chi connectivity index (χ2n) is 6.46. The van der Waals surface area contributed by atoms with Crippen LogP contribution >= 0.6 is 0 Å². The van der Waals surface area contributed by atoms with E-state index in [4.69, 9.17) is 9.15 Å². The van der Waals surface area contributed by atoms with Crippen LogP contribution in [0.15, 0.2) is 82.3 Å². The van der Waals surface area contributed by atoms with Gasteiger partial charge in [-0.25, -0.2) is 0 Å². The Kier molecular flexibility index (Phi) is 5.07. The Balaban J connectivity index is 1.55. The lowest BCUT2D eigenvalue weighted by molar-refractivity contribution is -0.118. The van der Waals surface area contributed by atoms with Gasteiger partial charge in [-0.1, -0.05) is 30.3 Å². The molecule has 0 aliphatic heterocycles. The van der Waals surface area contributed by atoms with Gasteiger partial charge in [-0.3, -0.25) is 14.6 Å². The van der Waals surface area contributed by atoms with Crippen LogP contribution < -0.4 is 15.5 Å². The minimum atomic E-state index is -0.310. The second-order valence-corrected chi connectivity index (χ2v) is 6.46. The van der Waals surface area contributed by atoms with Gasteiger partial charge in [-0.2, -0.15) is 0 Å². The molecule has 0 unspecified atom stereocenters. The highest BCUT2D eigenvalue weighted by molar-refractivity contribution is 5.91. The number of hydrogen-bond acceptors (Lipinski definition) is 5. The molecule has 4 rings (SSSR count). The fourth-order valence-corrected chi connectivity index (χ4v) is 3.10. The van der Waals surface area contributed by atoms with E-state index in [9.17, 15) is 9.59 Å². The number of aromatic nitrogens is 1. The van der Waals surface area contributed by atoms with Gasteiger partial charge in [0.1, 0.15) is 17.1 Å². The first-order valence-electron chi connectivity index (χ1n) is 9.07. The zero-order valence-corrected chi connectivity index (χ0v) is 15.7. The van der Waals surface area contributed by atoms with E-state index in [1.165, 1.54) is 0 Å². The van der Waals surface area contributed by atoms with Gasteiger partial charge >= 0.3 is 0 Å². The molecule has 0 bridgehead atoms. The van der Waals surface area contributed by atoms with E-state index >= 15 is 0 Å². The van der Waals surface area contributed by atoms with Gasteiger partial charge in [0.05, 0.1) is 22.8 Å². The summed E-state index contributed by atoms with van der Waals surface area (Å²) in [5.74, 6) is 0.657. The summed E-state index contributed by atoms with van der Waals surface area (Å²) in [6, 6.07) is 17.8. The number of carbonyl (C=O) groups is 1. The number of amides is 1. The van der Waals surface area contributed by atoms with Gasteiger partial charge in [-0.05, 0) is 36.8 Å². The van der Waals surface area contributed by atoms with Crippen molar-refractivity contribution in [2.45, 2.75) is 6.92 Å². The quantitative estimate of drug-likeness (QED) is 0.556. The number of nitrogens with one attached hydrogen (secondary N) is 1. The molecule has 0 saturated heterocycles. The molecule has 4 aromatic rings. The fourth-order valence-electron chi connectivity index (χ4n) is 3.10. The maximum Gasteiger partial charge on any atom is 0.262 e. The van der Waals surface area contributed by atoms with Crippen LogP contribution in [0, 0.1) is 6.92 Å². The number of carbonyl (C=O) groups excluding carboxylic acids is 1. The third-order valence-corrected chi connectivity index (χ3v) is 4.42. The second kappa shape index (κ2) is 7.98. The Morgan fingerprint density at radius 3 is 2.69 bits per heavy atom. The van der Waals surface area contributed by atoms with Crippen LogP contribution in [0.25, 0.3) is 22.1 Å². The molecule has 0 radical (unpaired) electrons. The highest BCUT2D eigenvalue weighted by atomic mass is 16.5. The van der Waals surface area contributed by atoms with Crippen LogP contribution in [0.1, 0.15) is 5.76 Å². The van der Waals surface area contributed by atoms with Crippen LogP contribution in [0.4, 0.5) is 5.69 Å². The number of aryl methyl sites for hydroxylation is 1. The number of benzene rings is 2. The molecule has 29 heavy (non-hydrogen) atoms. The molecule has 0 atom stereocenters. The van der Waals surface area contributed by atoms with Crippen molar-refractivity contribution < 1.29 is 13.9 Å². The van der Waals surface area contributed by atoms with E-state index in [1.54, 1.807) is 49.6 Å². The number of rotatable bonds is 5. The largest absolute Gasteiger partial charge is 0.484 e. The molecule has 2 aromatic carbocycles. The molecular weight excluding hydrogens is 368 g/mol. The van der Waals surface area contributed by atoms with Gasteiger partial charge in [-0.15, -0.1) is 0 Å². The van der Waals surface area contributed by atoms with Crippen LogP contribution in [0.5, 0.6) is 5.75 Å². The van der Waals surface area contributed by atoms with Crippen molar-refractivity contribution in [1.82, 2.24) is 4.98 Å². The maximum absolute atomic E-state index is 13.0. The molecule has 0 saturated carbocycles. The average molecular weight is 386 g/mol. The fraction of sp³-hybridized carbons (Fsp3) is 0.0870. The molecule has 6 heteroatoms. The molecule has 0 aliphatic carbocycles. The van der Waals surface area contributed by atoms with Crippen LogP contribution in [-0.4, -0.2) is 17.5 Å².